The van der Waals surface area contributed by atoms with Crippen molar-refractivity contribution in [3.8, 4) is 11.1 Å². The standard InChI is InChI=1S/C21H16Cl2F2N4O4S/c1-26-20-15(4-11(22)6-27-20)34-21-19(32)17(18(31)14(8-30)33-21)29-7-10(5-28-29)9-2-12(24)16(23)13(25)3-9/h2-7,14,17-19,21,30-32H,8H2/t14?,17-,18-,19?,21+/m0/s1. The quantitative estimate of drug-likeness (QED) is 0.341. The van der Waals surface area contributed by atoms with E-state index in [9.17, 15) is 24.1 Å². The van der Waals surface area contributed by atoms with Crippen LogP contribution in [0, 0.1) is 18.2 Å². The van der Waals surface area contributed by atoms with Gasteiger partial charge in [-0.2, -0.15) is 5.10 Å². The molecule has 1 aliphatic rings. The van der Waals surface area contributed by atoms with Crippen LogP contribution in [-0.4, -0.2) is 60.4 Å². The van der Waals surface area contributed by atoms with Gasteiger partial charge in [0.05, 0.1) is 17.8 Å². The van der Waals surface area contributed by atoms with Crippen LogP contribution in [0.15, 0.2) is 41.7 Å². The van der Waals surface area contributed by atoms with Gasteiger partial charge in [-0.05, 0) is 23.8 Å². The average molecular weight is 529 g/mol. The molecule has 5 atom stereocenters. The van der Waals surface area contributed by atoms with Gasteiger partial charge in [0.15, 0.2) is 0 Å². The van der Waals surface area contributed by atoms with Gasteiger partial charge >= 0.3 is 0 Å². The fourth-order valence-electron chi connectivity index (χ4n) is 3.56. The van der Waals surface area contributed by atoms with Crippen LogP contribution in [0.1, 0.15) is 6.04 Å². The summed E-state index contributed by atoms with van der Waals surface area (Å²) in [7, 11) is 0. The third-order valence-electron chi connectivity index (χ3n) is 5.22. The Morgan fingerprint density at radius 3 is 2.47 bits per heavy atom. The predicted molar refractivity (Wildman–Crippen MR) is 121 cm³/mol. The molecule has 0 saturated carbocycles. The van der Waals surface area contributed by atoms with E-state index in [4.69, 9.17) is 34.5 Å². The lowest BCUT2D eigenvalue weighted by Gasteiger charge is -2.42. The van der Waals surface area contributed by atoms with E-state index in [2.05, 4.69) is 14.9 Å². The lowest BCUT2D eigenvalue weighted by atomic mass is 9.97. The molecule has 4 rings (SSSR count). The SMILES string of the molecule is [C-]#[N+]c1ncc(Cl)cc1S[C@H]1OC(CO)[C@H](O)[C@H](n2cc(-c3cc(F)c(Cl)c(F)c3)cn2)C1O. The molecule has 13 heteroatoms. The van der Waals surface area contributed by atoms with E-state index in [0.717, 1.165) is 23.9 Å². The summed E-state index contributed by atoms with van der Waals surface area (Å²) in [6.07, 6.45) is 0.186. The number of ether oxygens (including phenoxy) is 1. The molecule has 2 aromatic heterocycles. The maximum absolute atomic E-state index is 13.9. The highest BCUT2D eigenvalue weighted by molar-refractivity contribution is 8.00. The second-order valence-electron chi connectivity index (χ2n) is 7.37. The van der Waals surface area contributed by atoms with E-state index in [1.54, 1.807) is 0 Å². The molecule has 0 amide bonds. The van der Waals surface area contributed by atoms with Crippen LogP contribution in [0.2, 0.25) is 10.0 Å². The molecule has 178 valence electrons. The number of nitrogens with zero attached hydrogens (tertiary/aromatic N) is 4. The molecule has 2 unspecified atom stereocenters. The minimum atomic E-state index is -1.37. The largest absolute Gasteiger partial charge is 0.394 e. The molecule has 3 heterocycles. The van der Waals surface area contributed by atoms with E-state index < -0.39 is 53.1 Å². The summed E-state index contributed by atoms with van der Waals surface area (Å²) >= 11 is 12.5. The van der Waals surface area contributed by atoms with Crippen LogP contribution < -0.4 is 0 Å². The molecule has 3 N–H and O–H groups in total. The molecule has 1 aliphatic heterocycles. The molecule has 8 nitrogen and oxygen atoms in total. The van der Waals surface area contributed by atoms with Gasteiger partial charge < -0.3 is 24.9 Å². The number of halogens is 4. The number of thioether (sulfide) groups is 1. The Labute approximate surface area is 206 Å². The van der Waals surface area contributed by atoms with Gasteiger partial charge in [0.25, 0.3) is 5.82 Å². The van der Waals surface area contributed by atoms with E-state index in [1.807, 2.05) is 0 Å². The number of aromatic nitrogens is 3. The van der Waals surface area contributed by atoms with Crippen LogP contribution in [0.5, 0.6) is 0 Å². The van der Waals surface area contributed by atoms with Crippen molar-refractivity contribution in [2.24, 2.45) is 0 Å². The molecule has 3 aromatic rings. The van der Waals surface area contributed by atoms with E-state index in [-0.39, 0.29) is 16.4 Å². The van der Waals surface area contributed by atoms with E-state index in [0.29, 0.717) is 10.5 Å². The minimum Gasteiger partial charge on any atom is -0.394 e. The molecular formula is C21H16Cl2F2N4O4S. The van der Waals surface area contributed by atoms with Gasteiger partial charge in [0, 0.05) is 16.7 Å². The molecule has 1 aromatic carbocycles. The lowest BCUT2D eigenvalue weighted by molar-refractivity contribution is -0.178. The third kappa shape index (κ3) is 4.76. The average Bonchev–Trinajstić information content (AvgIpc) is 3.29. The topological polar surface area (TPSA) is 105 Å². The molecule has 0 radical (unpaired) electrons. The fourth-order valence-corrected chi connectivity index (χ4v) is 5.04. The predicted octanol–water partition coefficient (Wildman–Crippen LogP) is 3.85. The van der Waals surface area contributed by atoms with Crippen molar-refractivity contribution in [3.63, 3.8) is 0 Å². The number of benzene rings is 1. The third-order valence-corrected chi connectivity index (χ3v) is 6.97. The Kier molecular flexibility index (Phi) is 7.39. The maximum atomic E-state index is 13.9. The highest BCUT2D eigenvalue weighted by atomic mass is 35.5. The normalized spacial score (nSPS) is 24.7. The zero-order valence-electron chi connectivity index (χ0n) is 17.0. The van der Waals surface area contributed by atoms with Crippen molar-refractivity contribution in [3.05, 3.63) is 69.9 Å². The Morgan fingerprint density at radius 2 is 1.82 bits per heavy atom. The van der Waals surface area contributed by atoms with Crippen molar-refractivity contribution < 1.29 is 28.8 Å². The molecule has 0 bridgehead atoms. The summed E-state index contributed by atoms with van der Waals surface area (Å²) in [4.78, 5) is 7.61. The molecule has 0 aliphatic carbocycles. The zero-order valence-corrected chi connectivity index (χ0v) is 19.3. The van der Waals surface area contributed by atoms with Crippen LogP contribution in [-0.2, 0) is 4.74 Å². The number of rotatable bonds is 5. The maximum Gasteiger partial charge on any atom is 0.283 e. The summed E-state index contributed by atoms with van der Waals surface area (Å²) in [6.45, 7) is 6.72. The Hall–Kier alpha value is -2.30. The van der Waals surface area contributed by atoms with Crippen LogP contribution in [0.25, 0.3) is 16.0 Å². The summed E-state index contributed by atoms with van der Waals surface area (Å²) < 4.78 is 34.7. The number of aliphatic hydroxyl groups is 3. The first-order valence-electron chi connectivity index (χ1n) is 9.74. The van der Waals surface area contributed by atoms with Crippen LogP contribution in [0.4, 0.5) is 14.6 Å². The highest BCUT2D eigenvalue weighted by Crippen LogP contribution is 2.41. The summed E-state index contributed by atoms with van der Waals surface area (Å²) in [5.74, 6) is -1.85. The molecule has 1 fully saturated rings. The highest BCUT2D eigenvalue weighted by Gasteiger charge is 2.46. The second-order valence-corrected chi connectivity index (χ2v) is 9.32. The van der Waals surface area contributed by atoms with Crippen molar-refractivity contribution in [2.45, 2.75) is 34.7 Å². The first kappa shape index (κ1) is 24.8. The van der Waals surface area contributed by atoms with Gasteiger partial charge in [0.1, 0.15) is 52.6 Å². The Morgan fingerprint density at radius 1 is 1.12 bits per heavy atom. The first-order chi connectivity index (χ1) is 16.2. The van der Waals surface area contributed by atoms with Gasteiger partial charge in [-0.25, -0.2) is 8.78 Å². The van der Waals surface area contributed by atoms with Gasteiger partial charge in [-0.1, -0.05) is 29.8 Å². The second kappa shape index (κ2) is 10.1. The van der Waals surface area contributed by atoms with Crippen molar-refractivity contribution in [1.29, 1.82) is 0 Å². The summed E-state index contributed by atoms with van der Waals surface area (Å²) in [5.41, 5.74) is -0.582. The van der Waals surface area contributed by atoms with Gasteiger partial charge in [-0.3, -0.25) is 4.68 Å². The zero-order chi connectivity index (χ0) is 24.6. The number of aliphatic hydroxyl groups excluding tert-OH is 3. The lowest BCUT2D eigenvalue weighted by Crippen LogP contribution is -2.54. The summed E-state index contributed by atoms with van der Waals surface area (Å²) in [6, 6.07) is 2.47. The van der Waals surface area contributed by atoms with Crippen LogP contribution >= 0.6 is 35.0 Å². The Bertz CT molecular complexity index is 1230. The Balaban J connectivity index is 1.66. The van der Waals surface area contributed by atoms with Crippen molar-refractivity contribution in [1.82, 2.24) is 14.8 Å². The summed E-state index contributed by atoms with van der Waals surface area (Å²) in [5, 5.41) is 35.3. The van der Waals surface area contributed by atoms with Crippen molar-refractivity contribution in [2.75, 3.05) is 6.61 Å². The van der Waals surface area contributed by atoms with Crippen LogP contribution in [0.3, 0.4) is 0 Å². The number of pyridine rings is 1. The molecule has 34 heavy (non-hydrogen) atoms. The van der Waals surface area contributed by atoms with Gasteiger partial charge in [-0.15, -0.1) is 16.7 Å². The fraction of sp³-hybridized carbons (Fsp3) is 0.286. The van der Waals surface area contributed by atoms with Gasteiger partial charge in [0.2, 0.25) is 0 Å². The smallest absolute Gasteiger partial charge is 0.283 e. The van der Waals surface area contributed by atoms with E-state index >= 15 is 0 Å². The monoisotopic (exact) mass is 528 g/mol. The number of hydrogen-bond acceptors (Lipinski definition) is 7. The molecule has 0 spiro atoms. The van der Waals surface area contributed by atoms with Crippen molar-refractivity contribution >= 4 is 40.8 Å². The minimum absolute atomic E-state index is 0.0431. The molecular weight excluding hydrogens is 513 g/mol. The molecule has 1 saturated heterocycles. The first-order valence-corrected chi connectivity index (χ1v) is 11.4. The number of hydrogen-bond donors (Lipinski definition) is 3. The van der Waals surface area contributed by atoms with E-state index in [1.165, 1.54) is 29.3 Å².